The fourth-order valence-corrected chi connectivity index (χ4v) is 3.50. The number of nitrogens with one attached hydrogen (secondary N) is 4. The van der Waals surface area contributed by atoms with Gasteiger partial charge in [-0.3, -0.25) is 29.9 Å². The van der Waals surface area contributed by atoms with Crippen LogP contribution >= 0.6 is 0 Å². The van der Waals surface area contributed by atoms with Crippen LogP contribution in [0.5, 0.6) is 0 Å². The van der Waals surface area contributed by atoms with Crippen LogP contribution in [0.2, 0.25) is 0 Å². The molecule has 40 heavy (non-hydrogen) atoms. The summed E-state index contributed by atoms with van der Waals surface area (Å²) in [5.74, 6) is -2.46. The smallest absolute Gasteiger partial charge is 0.417 e. The monoisotopic (exact) mass is 564 g/mol. The maximum Gasteiger partial charge on any atom is 0.417 e. The van der Waals surface area contributed by atoms with Crippen molar-refractivity contribution in [2.75, 3.05) is 18.4 Å². The molecule has 0 unspecified atom stereocenters. The number of nitro groups is 1. The molecule has 0 saturated carbocycles. The van der Waals surface area contributed by atoms with Crippen molar-refractivity contribution >= 4 is 41.1 Å². The first-order valence-electron chi connectivity index (χ1n) is 12.7. The van der Waals surface area contributed by atoms with Gasteiger partial charge in [-0.05, 0) is 58.1 Å². The molecule has 0 radical (unpaired) electrons. The molecule has 0 aliphatic carbocycles. The van der Waals surface area contributed by atoms with Gasteiger partial charge in [0.1, 0.15) is 11.6 Å². The Balaban J connectivity index is 3.29. The predicted octanol–water partition coefficient (Wildman–Crippen LogP) is 1.42. The Morgan fingerprint density at radius 3 is 2.20 bits per heavy atom. The van der Waals surface area contributed by atoms with Gasteiger partial charge in [0.15, 0.2) is 5.96 Å². The molecule has 0 saturated heterocycles. The van der Waals surface area contributed by atoms with E-state index in [-0.39, 0.29) is 42.6 Å². The van der Waals surface area contributed by atoms with Crippen molar-refractivity contribution in [3.05, 3.63) is 34.4 Å². The minimum Gasteiger partial charge on any atom is -0.443 e. The van der Waals surface area contributed by atoms with Gasteiger partial charge in [-0.25, -0.2) is 9.69 Å². The summed E-state index contributed by atoms with van der Waals surface area (Å²) in [6.45, 7) is 8.06. The van der Waals surface area contributed by atoms with Gasteiger partial charge in [0.05, 0.1) is 17.5 Å². The summed E-state index contributed by atoms with van der Waals surface area (Å²) in [4.78, 5) is 63.3. The Kier molecular flexibility index (Phi) is 13.0. The van der Waals surface area contributed by atoms with Crippen molar-refractivity contribution in [1.82, 2.24) is 15.5 Å². The number of nitrogens with zero attached hydrogens (tertiary/aromatic N) is 2. The van der Waals surface area contributed by atoms with Gasteiger partial charge in [-0.1, -0.05) is 13.8 Å². The molecule has 0 aliphatic heterocycles. The molecule has 4 amide bonds. The Bertz CT molecular complexity index is 1070. The number of nitro benzene ring substituents is 1. The zero-order valence-corrected chi connectivity index (χ0v) is 23.5. The number of hydrogen-bond donors (Lipinski definition) is 6. The lowest BCUT2D eigenvalue weighted by Crippen LogP contribution is -2.55. The molecule has 222 valence electrons. The predicted molar refractivity (Wildman–Crippen MR) is 148 cm³/mol. The van der Waals surface area contributed by atoms with Crippen LogP contribution in [0.4, 0.5) is 16.2 Å². The van der Waals surface area contributed by atoms with Gasteiger partial charge >= 0.3 is 6.09 Å². The lowest BCUT2D eigenvalue weighted by molar-refractivity contribution is -0.384. The van der Waals surface area contributed by atoms with E-state index in [4.69, 9.17) is 21.6 Å². The number of carbonyl (C=O) groups is 4. The molecule has 8 N–H and O–H groups in total. The average molecular weight is 565 g/mol. The first-order chi connectivity index (χ1) is 18.5. The van der Waals surface area contributed by atoms with Gasteiger partial charge in [0, 0.05) is 24.4 Å². The number of anilines is 1. The Hall–Kier alpha value is -4.27. The summed E-state index contributed by atoms with van der Waals surface area (Å²) in [5.41, 5.74) is 10.2. The molecule has 1 rings (SSSR count). The van der Waals surface area contributed by atoms with Gasteiger partial charge in [0.2, 0.25) is 11.8 Å². The van der Waals surface area contributed by atoms with E-state index in [1.807, 2.05) is 13.8 Å². The van der Waals surface area contributed by atoms with Crippen molar-refractivity contribution in [2.45, 2.75) is 71.6 Å². The molecule has 1 aromatic carbocycles. The molecule has 0 aromatic heterocycles. The molecule has 2 atom stereocenters. The molecule has 15 nitrogen and oxygen atoms in total. The van der Waals surface area contributed by atoms with E-state index in [9.17, 15) is 29.3 Å². The van der Waals surface area contributed by atoms with Gasteiger partial charge in [-0.15, -0.1) is 0 Å². The standard InChI is InChI=1S/C25H40N8O7/c1-15(2)13-18(26)21(35)30-14-20(34)32(24(37)40-25(3,4)5)19(7-6-12-29-23(27)28)22(36)31-16-8-10-17(11-9-16)33(38)39/h8-11,15,18-19H,6-7,12-14,26H2,1-5H3,(H,30,35)(H,31,36)(H4,27,28,29)/t18-,19-/m0/s1. The zero-order chi connectivity index (χ0) is 30.6. The second-order valence-corrected chi connectivity index (χ2v) is 10.5. The third-order valence-corrected chi connectivity index (χ3v) is 5.26. The molecule has 0 fully saturated rings. The molecule has 1 aromatic rings. The fourth-order valence-electron chi connectivity index (χ4n) is 3.50. The van der Waals surface area contributed by atoms with E-state index in [0.717, 1.165) is 0 Å². The lowest BCUT2D eigenvalue weighted by atomic mass is 10.0. The summed E-state index contributed by atoms with van der Waals surface area (Å²) in [7, 11) is 0. The van der Waals surface area contributed by atoms with Crippen LogP contribution in [0.15, 0.2) is 24.3 Å². The Morgan fingerprint density at radius 2 is 1.70 bits per heavy atom. The molecule has 0 bridgehead atoms. The van der Waals surface area contributed by atoms with E-state index < -0.39 is 53.0 Å². The molecule has 0 spiro atoms. The highest BCUT2D eigenvalue weighted by molar-refractivity contribution is 6.03. The first-order valence-corrected chi connectivity index (χ1v) is 12.7. The van der Waals surface area contributed by atoms with Crippen LogP contribution in [0.3, 0.4) is 0 Å². The minimum atomic E-state index is -1.41. The van der Waals surface area contributed by atoms with Crippen molar-refractivity contribution in [3.8, 4) is 0 Å². The highest BCUT2D eigenvalue weighted by Gasteiger charge is 2.37. The summed E-state index contributed by atoms with van der Waals surface area (Å²) >= 11 is 0. The van der Waals surface area contributed by atoms with Crippen LogP contribution in [-0.4, -0.2) is 70.4 Å². The number of carbonyl (C=O) groups excluding carboxylic acids is 4. The molecule has 0 aliphatic rings. The van der Waals surface area contributed by atoms with E-state index >= 15 is 0 Å². The second kappa shape index (κ2) is 15.4. The maximum atomic E-state index is 13.4. The summed E-state index contributed by atoms with van der Waals surface area (Å²) in [6, 6.07) is 2.71. The third-order valence-electron chi connectivity index (χ3n) is 5.26. The van der Waals surface area contributed by atoms with E-state index in [0.29, 0.717) is 11.3 Å². The number of non-ortho nitro benzene ring substituents is 1. The van der Waals surface area contributed by atoms with E-state index in [1.165, 1.54) is 24.3 Å². The van der Waals surface area contributed by atoms with Crippen molar-refractivity contribution in [2.24, 2.45) is 17.4 Å². The Morgan fingerprint density at radius 1 is 1.10 bits per heavy atom. The SMILES string of the molecule is CC(C)C[C@H](N)C(=O)NCC(=O)N(C(=O)OC(C)(C)C)[C@@H](CCCNC(=N)N)C(=O)Nc1ccc([N+](=O)[O-])cc1. The number of rotatable bonds is 13. The number of nitrogens with two attached hydrogens (primary N) is 2. The molecule has 15 heteroatoms. The van der Waals surface area contributed by atoms with Crippen LogP contribution in [0.25, 0.3) is 0 Å². The molecule has 0 heterocycles. The largest absolute Gasteiger partial charge is 0.443 e. The number of imide groups is 1. The van der Waals surface area contributed by atoms with Crippen LogP contribution < -0.4 is 27.4 Å². The van der Waals surface area contributed by atoms with E-state index in [1.54, 1.807) is 20.8 Å². The highest BCUT2D eigenvalue weighted by atomic mass is 16.6. The average Bonchev–Trinajstić information content (AvgIpc) is 2.82. The quantitative estimate of drug-likeness (QED) is 0.0662. The summed E-state index contributed by atoms with van der Waals surface area (Å²) in [5, 5.41) is 25.8. The summed E-state index contributed by atoms with van der Waals surface area (Å²) in [6.07, 6.45) is -0.596. The number of benzene rings is 1. The van der Waals surface area contributed by atoms with Gasteiger partial charge < -0.3 is 32.2 Å². The highest BCUT2D eigenvalue weighted by Crippen LogP contribution is 2.19. The fraction of sp³-hybridized carbons (Fsp3) is 0.560. The summed E-state index contributed by atoms with van der Waals surface area (Å²) < 4.78 is 5.40. The van der Waals surface area contributed by atoms with E-state index in [2.05, 4.69) is 16.0 Å². The molecular formula is C25H40N8O7. The van der Waals surface area contributed by atoms with Gasteiger partial charge in [0.25, 0.3) is 11.6 Å². The number of guanidine groups is 1. The number of amides is 4. The number of hydrogen-bond acceptors (Lipinski definition) is 9. The van der Waals surface area contributed by atoms with Gasteiger partial charge in [-0.2, -0.15) is 0 Å². The normalized spacial score (nSPS) is 12.6. The van der Waals surface area contributed by atoms with Crippen molar-refractivity contribution < 1.29 is 28.8 Å². The van der Waals surface area contributed by atoms with Crippen LogP contribution in [-0.2, 0) is 19.1 Å². The minimum absolute atomic E-state index is 0.0646. The zero-order valence-electron chi connectivity index (χ0n) is 23.5. The molecular weight excluding hydrogens is 524 g/mol. The first kappa shape index (κ1) is 33.8. The third kappa shape index (κ3) is 12.1. The lowest BCUT2D eigenvalue weighted by Gasteiger charge is -2.31. The van der Waals surface area contributed by atoms with Crippen molar-refractivity contribution in [1.29, 1.82) is 5.41 Å². The maximum absolute atomic E-state index is 13.4. The Labute approximate surface area is 233 Å². The second-order valence-electron chi connectivity index (χ2n) is 10.5. The van der Waals surface area contributed by atoms with Crippen molar-refractivity contribution in [3.63, 3.8) is 0 Å². The van der Waals surface area contributed by atoms with Crippen LogP contribution in [0.1, 0.15) is 53.9 Å². The topological polar surface area (TPSA) is 236 Å². The van der Waals surface area contributed by atoms with Crippen LogP contribution in [0, 0.1) is 21.4 Å². The number of ether oxygens (including phenoxy) is 1.